The summed E-state index contributed by atoms with van der Waals surface area (Å²) in [6.07, 6.45) is 5.36. The van der Waals surface area contributed by atoms with Gasteiger partial charge in [-0.2, -0.15) is 0 Å². The van der Waals surface area contributed by atoms with Crippen molar-refractivity contribution in [3.05, 3.63) is 62.7 Å². The first kappa shape index (κ1) is 20.8. The number of carbonyl (C=O) groups excluding carboxylic acids is 1. The lowest BCUT2D eigenvalue weighted by Crippen LogP contribution is -2.39. The van der Waals surface area contributed by atoms with E-state index in [2.05, 4.69) is 5.32 Å². The van der Waals surface area contributed by atoms with Crippen molar-refractivity contribution in [2.75, 3.05) is 6.61 Å². The van der Waals surface area contributed by atoms with Gasteiger partial charge < -0.3 is 14.5 Å². The molecular formula is C23H21Cl2NO4. The molecule has 0 unspecified atom stereocenters. The number of fused-ring (bicyclic) bond motifs is 1. The van der Waals surface area contributed by atoms with Crippen LogP contribution in [0.5, 0.6) is 5.75 Å². The number of hydrogen-bond donors (Lipinski definition) is 1. The quantitative estimate of drug-likeness (QED) is 0.555. The molecule has 1 saturated carbocycles. The van der Waals surface area contributed by atoms with E-state index >= 15 is 0 Å². The molecule has 4 rings (SSSR count). The molecule has 1 aliphatic carbocycles. The topological polar surface area (TPSA) is 68.5 Å². The van der Waals surface area contributed by atoms with Gasteiger partial charge in [0.2, 0.25) is 11.2 Å². The SMILES string of the molecule is O=C(COc1c(-c2ccccc2)oc2c(Cl)cc(Cl)cc2c1=O)NC1CCCCC1. The van der Waals surface area contributed by atoms with Gasteiger partial charge in [-0.25, -0.2) is 0 Å². The lowest BCUT2D eigenvalue weighted by atomic mass is 9.95. The molecule has 1 aliphatic rings. The molecule has 1 aromatic heterocycles. The Morgan fingerprint density at radius 1 is 1.10 bits per heavy atom. The summed E-state index contributed by atoms with van der Waals surface area (Å²) in [5.41, 5.74) is 0.444. The van der Waals surface area contributed by atoms with E-state index in [4.69, 9.17) is 32.4 Å². The second-order valence-electron chi connectivity index (χ2n) is 7.41. The maximum atomic E-state index is 13.2. The van der Waals surface area contributed by atoms with E-state index in [1.165, 1.54) is 18.6 Å². The third kappa shape index (κ3) is 4.47. The normalized spacial score (nSPS) is 14.6. The number of hydrogen-bond acceptors (Lipinski definition) is 4. The molecule has 2 aromatic carbocycles. The molecule has 7 heteroatoms. The maximum Gasteiger partial charge on any atom is 0.258 e. The second-order valence-corrected chi connectivity index (χ2v) is 8.25. The van der Waals surface area contributed by atoms with Crippen molar-refractivity contribution in [3.8, 4) is 17.1 Å². The number of rotatable bonds is 5. The fourth-order valence-electron chi connectivity index (χ4n) is 3.77. The van der Waals surface area contributed by atoms with Gasteiger partial charge in [-0.3, -0.25) is 9.59 Å². The highest BCUT2D eigenvalue weighted by molar-refractivity contribution is 6.38. The Morgan fingerprint density at radius 3 is 2.57 bits per heavy atom. The Kier molecular flexibility index (Phi) is 6.30. The van der Waals surface area contributed by atoms with Crippen molar-refractivity contribution in [1.82, 2.24) is 5.32 Å². The van der Waals surface area contributed by atoms with Crippen LogP contribution in [0, 0.1) is 0 Å². The standard InChI is InChI=1S/C23H21Cl2NO4/c24-15-11-17-20(28)23(29-13-19(27)26-16-9-5-2-6-10-16)21(14-7-3-1-4-8-14)30-22(17)18(25)12-15/h1,3-4,7-8,11-12,16H,2,5-6,9-10,13H2,(H,26,27). The number of halogens is 2. The average Bonchev–Trinajstić information content (AvgIpc) is 2.75. The van der Waals surface area contributed by atoms with Crippen molar-refractivity contribution in [1.29, 1.82) is 0 Å². The summed E-state index contributed by atoms with van der Waals surface area (Å²) >= 11 is 12.3. The van der Waals surface area contributed by atoms with Gasteiger partial charge in [0.05, 0.1) is 10.4 Å². The van der Waals surface area contributed by atoms with Crippen molar-refractivity contribution in [3.63, 3.8) is 0 Å². The molecule has 1 N–H and O–H groups in total. The zero-order valence-corrected chi connectivity index (χ0v) is 17.8. The summed E-state index contributed by atoms with van der Waals surface area (Å²) in [6.45, 7) is -0.277. The van der Waals surface area contributed by atoms with Crippen molar-refractivity contribution in [2.45, 2.75) is 38.1 Å². The highest BCUT2D eigenvalue weighted by atomic mass is 35.5. The number of carbonyl (C=O) groups is 1. The van der Waals surface area contributed by atoms with E-state index in [9.17, 15) is 9.59 Å². The molecule has 1 fully saturated rings. The smallest absolute Gasteiger partial charge is 0.258 e. The van der Waals surface area contributed by atoms with Gasteiger partial charge in [-0.1, -0.05) is 72.8 Å². The predicted molar refractivity (Wildman–Crippen MR) is 118 cm³/mol. The number of benzene rings is 2. The first-order valence-corrected chi connectivity index (χ1v) is 10.7. The van der Waals surface area contributed by atoms with Crippen LogP contribution in [0.25, 0.3) is 22.3 Å². The minimum absolute atomic E-state index is 0.0363. The third-order valence-corrected chi connectivity index (χ3v) is 5.72. The van der Waals surface area contributed by atoms with Gasteiger partial charge in [0, 0.05) is 16.6 Å². The van der Waals surface area contributed by atoms with Crippen LogP contribution < -0.4 is 15.5 Å². The molecule has 0 saturated heterocycles. The van der Waals surface area contributed by atoms with Crippen LogP contribution in [0.3, 0.4) is 0 Å². The number of amides is 1. The second kappa shape index (κ2) is 9.11. The fourth-order valence-corrected chi connectivity index (χ4v) is 4.30. The van der Waals surface area contributed by atoms with Crippen LogP contribution in [-0.4, -0.2) is 18.6 Å². The third-order valence-electron chi connectivity index (χ3n) is 5.22. The van der Waals surface area contributed by atoms with E-state index in [-0.39, 0.29) is 46.1 Å². The molecule has 0 bridgehead atoms. The van der Waals surface area contributed by atoms with Crippen LogP contribution in [0.1, 0.15) is 32.1 Å². The molecule has 5 nitrogen and oxygen atoms in total. The van der Waals surface area contributed by atoms with Gasteiger partial charge >= 0.3 is 0 Å². The van der Waals surface area contributed by atoms with Crippen molar-refractivity contribution < 1.29 is 13.9 Å². The zero-order chi connectivity index (χ0) is 21.1. The summed E-state index contributed by atoms with van der Waals surface area (Å²) in [7, 11) is 0. The lowest BCUT2D eigenvalue weighted by Gasteiger charge is -2.22. The van der Waals surface area contributed by atoms with Crippen LogP contribution in [-0.2, 0) is 4.79 Å². The van der Waals surface area contributed by atoms with E-state index in [0.29, 0.717) is 10.6 Å². The van der Waals surface area contributed by atoms with Crippen LogP contribution >= 0.6 is 23.2 Å². The Morgan fingerprint density at radius 2 is 1.83 bits per heavy atom. The highest BCUT2D eigenvalue weighted by Gasteiger charge is 2.22. The van der Waals surface area contributed by atoms with Crippen LogP contribution in [0.2, 0.25) is 10.0 Å². The average molecular weight is 446 g/mol. The van der Waals surface area contributed by atoms with Gasteiger partial charge in [-0.05, 0) is 25.0 Å². The zero-order valence-electron chi connectivity index (χ0n) is 16.3. The van der Waals surface area contributed by atoms with Crippen LogP contribution in [0.15, 0.2) is 51.7 Å². The monoisotopic (exact) mass is 445 g/mol. The molecule has 0 atom stereocenters. The molecule has 0 aliphatic heterocycles. The molecule has 3 aromatic rings. The van der Waals surface area contributed by atoms with E-state index in [0.717, 1.165) is 25.7 Å². The summed E-state index contributed by atoms with van der Waals surface area (Å²) in [5.74, 6) is -0.0712. The van der Waals surface area contributed by atoms with E-state index in [1.807, 2.05) is 18.2 Å². The number of nitrogens with one attached hydrogen (secondary N) is 1. The van der Waals surface area contributed by atoms with Crippen molar-refractivity contribution >= 4 is 40.1 Å². The summed E-state index contributed by atoms with van der Waals surface area (Å²) in [5, 5.41) is 3.73. The largest absolute Gasteiger partial charge is 0.476 e. The summed E-state index contributed by atoms with van der Waals surface area (Å²) < 4.78 is 11.7. The fraction of sp³-hybridized carbons (Fsp3) is 0.304. The molecule has 30 heavy (non-hydrogen) atoms. The van der Waals surface area contributed by atoms with Gasteiger partial charge in [0.15, 0.2) is 18.0 Å². The first-order valence-electron chi connectivity index (χ1n) is 9.96. The molecule has 0 spiro atoms. The minimum Gasteiger partial charge on any atom is -0.476 e. The molecule has 0 radical (unpaired) electrons. The molecule has 1 heterocycles. The Labute approximate surface area is 183 Å². The van der Waals surface area contributed by atoms with E-state index in [1.54, 1.807) is 12.1 Å². The highest BCUT2D eigenvalue weighted by Crippen LogP contribution is 2.35. The molecule has 156 valence electrons. The van der Waals surface area contributed by atoms with Crippen LogP contribution in [0.4, 0.5) is 0 Å². The maximum absolute atomic E-state index is 13.2. The van der Waals surface area contributed by atoms with E-state index < -0.39 is 5.43 Å². The summed E-state index contributed by atoms with van der Waals surface area (Å²) in [6, 6.07) is 12.2. The molecular weight excluding hydrogens is 425 g/mol. The van der Waals surface area contributed by atoms with Gasteiger partial charge in [0.25, 0.3) is 5.91 Å². The Bertz CT molecular complexity index is 1120. The molecule has 1 amide bonds. The minimum atomic E-state index is -0.426. The Hall–Kier alpha value is -2.50. The van der Waals surface area contributed by atoms with Crippen molar-refractivity contribution in [2.24, 2.45) is 0 Å². The lowest BCUT2D eigenvalue weighted by molar-refractivity contribution is -0.124. The summed E-state index contributed by atoms with van der Waals surface area (Å²) in [4.78, 5) is 25.6. The van der Waals surface area contributed by atoms with Gasteiger partial charge in [0.1, 0.15) is 0 Å². The Balaban J connectivity index is 1.69. The van der Waals surface area contributed by atoms with Gasteiger partial charge in [-0.15, -0.1) is 0 Å². The predicted octanol–water partition coefficient (Wildman–Crippen LogP) is 5.59. The first-order chi connectivity index (χ1) is 14.5. The number of ether oxygens (including phenoxy) is 1.